The van der Waals surface area contributed by atoms with Gasteiger partial charge < -0.3 is 9.29 Å². The quantitative estimate of drug-likeness (QED) is 0.659. The third-order valence-electron chi connectivity index (χ3n) is 2.87. The Morgan fingerprint density at radius 3 is 2.38 bits per heavy atom. The minimum absolute atomic E-state index is 0.0258. The van der Waals surface area contributed by atoms with E-state index in [1.165, 1.54) is 0 Å². The van der Waals surface area contributed by atoms with E-state index < -0.39 is 11.2 Å². The molecule has 0 unspecified atom stereocenters. The van der Waals surface area contributed by atoms with Crippen molar-refractivity contribution in [3.8, 4) is 0 Å². The molecule has 0 saturated carbocycles. The van der Waals surface area contributed by atoms with E-state index in [1.807, 2.05) is 0 Å². The average Bonchev–Trinajstić information content (AvgIpc) is 2.18. The summed E-state index contributed by atoms with van der Waals surface area (Å²) in [6, 6.07) is 0. The molecule has 3 heteroatoms. The zero-order valence-electron chi connectivity index (χ0n) is 8.84. The van der Waals surface area contributed by atoms with Gasteiger partial charge in [0.2, 0.25) is 0 Å². The highest BCUT2D eigenvalue weighted by molar-refractivity contribution is 7.93. The minimum atomic E-state index is -0.697. The van der Waals surface area contributed by atoms with Crippen LogP contribution in [0.4, 0.5) is 0 Å². The summed E-state index contributed by atoms with van der Waals surface area (Å²) in [5, 5.41) is 0.365. The fraction of sp³-hybridized carbons (Fsp3) is 1.00. The molecule has 0 spiro atoms. The van der Waals surface area contributed by atoms with Crippen molar-refractivity contribution >= 4 is 11.2 Å². The maximum Gasteiger partial charge on any atom is 0.120 e. The molecular weight excluding hydrogens is 184 g/mol. The van der Waals surface area contributed by atoms with Gasteiger partial charge in [0.1, 0.15) is 10.00 Å². The van der Waals surface area contributed by atoms with Crippen LogP contribution in [-0.2, 0) is 15.9 Å². The van der Waals surface area contributed by atoms with Gasteiger partial charge in [-0.25, -0.2) is 0 Å². The van der Waals surface area contributed by atoms with Crippen LogP contribution in [0.25, 0.3) is 0 Å². The summed E-state index contributed by atoms with van der Waals surface area (Å²) in [6.45, 7) is 7.88. The number of ether oxygens (including phenoxy) is 1. The maximum absolute atomic E-state index is 12.1. The molecule has 78 valence electrons. The van der Waals surface area contributed by atoms with Gasteiger partial charge in [-0.3, -0.25) is 0 Å². The maximum atomic E-state index is 12.1. The monoisotopic (exact) mass is 204 g/mol. The SMILES string of the molecule is CCC(C)(C)[S@@+]([O-])C1CCOCC1. The first-order valence-corrected chi connectivity index (χ1v) is 6.27. The van der Waals surface area contributed by atoms with Crippen LogP contribution in [0.15, 0.2) is 0 Å². The van der Waals surface area contributed by atoms with Crippen molar-refractivity contribution in [2.24, 2.45) is 0 Å². The highest BCUT2D eigenvalue weighted by Gasteiger charge is 2.37. The van der Waals surface area contributed by atoms with Crippen LogP contribution in [-0.4, -0.2) is 27.8 Å². The van der Waals surface area contributed by atoms with Crippen molar-refractivity contribution in [1.29, 1.82) is 0 Å². The summed E-state index contributed by atoms with van der Waals surface area (Å²) in [4.78, 5) is 0. The standard InChI is InChI=1S/C10H20O2S/c1-4-10(2,3)13(11)9-5-7-12-8-6-9/h9H,4-8H2,1-3H3/t13-/m0/s1. The molecule has 1 atom stereocenters. The lowest BCUT2D eigenvalue weighted by Gasteiger charge is -2.35. The zero-order chi connectivity index (χ0) is 9.90. The zero-order valence-corrected chi connectivity index (χ0v) is 9.65. The largest absolute Gasteiger partial charge is 0.616 e. The van der Waals surface area contributed by atoms with Gasteiger partial charge in [0, 0.05) is 12.8 Å². The minimum Gasteiger partial charge on any atom is -0.616 e. The van der Waals surface area contributed by atoms with Crippen molar-refractivity contribution in [2.45, 2.75) is 50.0 Å². The smallest absolute Gasteiger partial charge is 0.120 e. The van der Waals surface area contributed by atoms with E-state index in [2.05, 4.69) is 20.8 Å². The molecule has 13 heavy (non-hydrogen) atoms. The Balaban J connectivity index is 2.49. The summed E-state index contributed by atoms with van der Waals surface area (Å²) >= 11 is -0.697. The second-order valence-electron chi connectivity index (χ2n) is 4.22. The molecule has 0 aromatic heterocycles. The van der Waals surface area contributed by atoms with Gasteiger partial charge in [-0.15, -0.1) is 0 Å². The predicted molar refractivity (Wildman–Crippen MR) is 56.4 cm³/mol. The Morgan fingerprint density at radius 1 is 1.38 bits per heavy atom. The van der Waals surface area contributed by atoms with Crippen LogP contribution in [0, 0.1) is 0 Å². The lowest BCUT2D eigenvalue weighted by Crippen LogP contribution is -2.41. The summed E-state index contributed by atoms with van der Waals surface area (Å²) in [6.07, 6.45) is 2.92. The van der Waals surface area contributed by atoms with Gasteiger partial charge in [0.15, 0.2) is 0 Å². The van der Waals surface area contributed by atoms with E-state index in [0.29, 0.717) is 5.25 Å². The van der Waals surface area contributed by atoms with E-state index in [-0.39, 0.29) is 4.75 Å². The van der Waals surface area contributed by atoms with Gasteiger partial charge in [-0.1, -0.05) is 6.92 Å². The second-order valence-corrected chi connectivity index (χ2v) is 6.59. The van der Waals surface area contributed by atoms with Crippen LogP contribution in [0.5, 0.6) is 0 Å². The second kappa shape index (κ2) is 4.67. The van der Waals surface area contributed by atoms with E-state index in [0.717, 1.165) is 32.5 Å². The van der Waals surface area contributed by atoms with Crippen LogP contribution < -0.4 is 0 Å². The molecule has 0 amide bonds. The fourth-order valence-electron chi connectivity index (χ4n) is 1.48. The van der Waals surface area contributed by atoms with Gasteiger partial charge in [-0.05, 0) is 31.4 Å². The van der Waals surface area contributed by atoms with Crippen LogP contribution in [0.3, 0.4) is 0 Å². The first-order valence-electron chi connectivity index (χ1n) is 5.06. The normalized spacial score (nSPS) is 23.1. The Morgan fingerprint density at radius 2 is 1.92 bits per heavy atom. The summed E-state index contributed by atoms with van der Waals surface area (Å²) < 4.78 is 17.3. The molecule has 1 rings (SSSR count). The van der Waals surface area contributed by atoms with Crippen molar-refractivity contribution in [3.05, 3.63) is 0 Å². The summed E-state index contributed by atoms with van der Waals surface area (Å²) in [7, 11) is 0. The van der Waals surface area contributed by atoms with E-state index >= 15 is 0 Å². The molecule has 1 aliphatic heterocycles. The molecule has 0 aromatic carbocycles. The third kappa shape index (κ3) is 2.86. The fourth-order valence-corrected chi connectivity index (χ4v) is 3.29. The van der Waals surface area contributed by atoms with Gasteiger partial charge in [0.25, 0.3) is 0 Å². The first-order chi connectivity index (χ1) is 6.08. The van der Waals surface area contributed by atoms with Crippen molar-refractivity contribution in [3.63, 3.8) is 0 Å². The predicted octanol–water partition coefficient (Wildman–Crippen LogP) is 2.10. The molecule has 0 bridgehead atoms. The highest BCUT2D eigenvalue weighted by Crippen LogP contribution is 2.29. The lowest BCUT2D eigenvalue weighted by atomic mass is 10.1. The molecule has 1 saturated heterocycles. The van der Waals surface area contributed by atoms with Crippen molar-refractivity contribution < 1.29 is 9.29 Å². The molecule has 2 nitrogen and oxygen atoms in total. The van der Waals surface area contributed by atoms with Gasteiger partial charge in [-0.2, -0.15) is 0 Å². The number of rotatable bonds is 3. The van der Waals surface area contributed by atoms with Crippen LogP contribution in [0.1, 0.15) is 40.0 Å². The lowest BCUT2D eigenvalue weighted by molar-refractivity contribution is 0.0979. The third-order valence-corrected chi connectivity index (χ3v) is 5.32. The average molecular weight is 204 g/mol. The Bertz CT molecular complexity index is 153. The van der Waals surface area contributed by atoms with Crippen molar-refractivity contribution in [1.82, 2.24) is 0 Å². The highest BCUT2D eigenvalue weighted by atomic mass is 32.2. The summed E-state index contributed by atoms with van der Waals surface area (Å²) in [5.41, 5.74) is 0. The van der Waals surface area contributed by atoms with Crippen molar-refractivity contribution in [2.75, 3.05) is 13.2 Å². The molecule has 1 heterocycles. The topological polar surface area (TPSA) is 32.3 Å². The molecule has 0 aromatic rings. The Kier molecular flexibility index (Phi) is 4.07. The molecule has 0 radical (unpaired) electrons. The molecule has 0 N–H and O–H groups in total. The number of hydrogen-bond donors (Lipinski definition) is 0. The summed E-state index contributed by atoms with van der Waals surface area (Å²) in [5.74, 6) is 0. The number of hydrogen-bond acceptors (Lipinski definition) is 2. The molecular formula is C10H20O2S. The Labute approximate surface area is 84.2 Å². The van der Waals surface area contributed by atoms with Crippen LogP contribution in [0.2, 0.25) is 0 Å². The van der Waals surface area contributed by atoms with Gasteiger partial charge >= 0.3 is 0 Å². The Hall–Kier alpha value is 0.270. The van der Waals surface area contributed by atoms with E-state index in [1.54, 1.807) is 0 Å². The molecule has 0 aliphatic carbocycles. The van der Waals surface area contributed by atoms with E-state index in [4.69, 9.17) is 4.74 Å². The van der Waals surface area contributed by atoms with Gasteiger partial charge in [0.05, 0.1) is 13.2 Å². The molecule has 1 aliphatic rings. The van der Waals surface area contributed by atoms with E-state index in [9.17, 15) is 4.55 Å². The molecule has 1 fully saturated rings. The van der Waals surface area contributed by atoms with Crippen LogP contribution >= 0.6 is 0 Å². The first kappa shape index (κ1) is 11.3.